The SMILES string of the molecule is CCn1nnnc1C(=O)NN. The van der Waals surface area contributed by atoms with E-state index in [1.54, 1.807) is 0 Å². The van der Waals surface area contributed by atoms with E-state index in [1.165, 1.54) is 4.68 Å². The van der Waals surface area contributed by atoms with Crippen molar-refractivity contribution >= 4 is 5.91 Å². The standard InChI is InChI=1S/C4H8N6O/c1-2-10-3(4(11)6-5)7-8-9-10/h2,5H2,1H3,(H,6,11). The highest BCUT2D eigenvalue weighted by atomic mass is 16.2. The topological polar surface area (TPSA) is 98.7 Å². The van der Waals surface area contributed by atoms with Crippen LogP contribution in [-0.2, 0) is 6.54 Å². The van der Waals surface area contributed by atoms with Gasteiger partial charge in [0.2, 0.25) is 5.82 Å². The van der Waals surface area contributed by atoms with Gasteiger partial charge in [0.15, 0.2) is 0 Å². The van der Waals surface area contributed by atoms with Crippen LogP contribution in [0.1, 0.15) is 17.5 Å². The third kappa shape index (κ3) is 1.32. The van der Waals surface area contributed by atoms with E-state index >= 15 is 0 Å². The van der Waals surface area contributed by atoms with Gasteiger partial charge in [0, 0.05) is 6.54 Å². The number of tetrazole rings is 1. The third-order valence-corrected chi connectivity index (χ3v) is 1.17. The summed E-state index contributed by atoms with van der Waals surface area (Å²) in [4.78, 5) is 10.9. The molecule has 0 saturated heterocycles. The number of nitrogens with two attached hydrogens (primary N) is 1. The van der Waals surface area contributed by atoms with Crippen molar-refractivity contribution in [3.05, 3.63) is 5.82 Å². The number of hydrazine groups is 1. The van der Waals surface area contributed by atoms with E-state index in [1.807, 2.05) is 12.3 Å². The smallest absolute Gasteiger partial charge is 0.287 e. The average molecular weight is 156 g/mol. The molecule has 0 bridgehead atoms. The molecule has 1 rings (SSSR count). The summed E-state index contributed by atoms with van der Waals surface area (Å²) in [7, 11) is 0. The Kier molecular flexibility index (Phi) is 2.12. The zero-order valence-electron chi connectivity index (χ0n) is 5.98. The predicted molar refractivity (Wildman–Crippen MR) is 35.1 cm³/mol. The van der Waals surface area contributed by atoms with Gasteiger partial charge in [-0.15, -0.1) is 5.10 Å². The third-order valence-electron chi connectivity index (χ3n) is 1.17. The van der Waals surface area contributed by atoms with Crippen molar-refractivity contribution < 1.29 is 4.79 Å². The second kappa shape index (κ2) is 3.06. The molecule has 0 aromatic carbocycles. The van der Waals surface area contributed by atoms with E-state index in [-0.39, 0.29) is 5.82 Å². The van der Waals surface area contributed by atoms with E-state index in [0.717, 1.165) is 0 Å². The van der Waals surface area contributed by atoms with Gasteiger partial charge >= 0.3 is 5.91 Å². The zero-order valence-corrected chi connectivity index (χ0v) is 5.98. The molecule has 7 heteroatoms. The maximum absolute atomic E-state index is 10.9. The number of aromatic nitrogens is 4. The highest BCUT2D eigenvalue weighted by molar-refractivity contribution is 5.89. The van der Waals surface area contributed by atoms with Crippen LogP contribution in [0.25, 0.3) is 0 Å². The lowest BCUT2D eigenvalue weighted by Crippen LogP contribution is -2.32. The van der Waals surface area contributed by atoms with Gasteiger partial charge in [0.25, 0.3) is 0 Å². The van der Waals surface area contributed by atoms with Gasteiger partial charge in [-0.1, -0.05) is 0 Å². The van der Waals surface area contributed by atoms with Crippen LogP contribution in [0.3, 0.4) is 0 Å². The number of aryl methyl sites for hydroxylation is 1. The number of carbonyl (C=O) groups excluding carboxylic acids is 1. The van der Waals surface area contributed by atoms with Crippen molar-refractivity contribution in [3.63, 3.8) is 0 Å². The van der Waals surface area contributed by atoms with Crippen LogP contribution in [0.15, 0.2) is 0 Å². The molecule has 0 unspecified atom stereocenters. The van der Waals surface area contributed by atoms with E-state index in [0.29, 0.717) is 6.54 Å². The highest BCUT2D eigenvalue weighted by Crippen LogP contribution is 1.89. The van der Waals surface area contributed by atoms with Gasteiger partial charge in [-0.2, -0.15) is 0 Å². The number of nitrogens with one attached hydrogen (secondary N) is 1. The first-order valence-corrected chi connectivity index (χ1v) is 3.06. The van der Waals surface area contributed by atoms with Crippen molar-refractivity contribution in [2.45, 2.75) is 13.5 Å². The minimum Gasteiger partial charge on any atom is -0.287 e. The minimum absolute atomic E-state index is 0.120. The lowest BCUT2D eigenvalue weighted by atomic mass is 10.5. The lowest BCUT2D eigenvalue weighted by molar-refractivity contribution is 0.0937. The fourth-order valence-corrected chi connectivity index (χ4v) is 0.645. The lowest BCUT2D eigenvalue weighted by Gasteiger charge is -1.97. The van der Waals surface area contributed by atoms with E-state index in [9.17, 15) is 4.79 Å². The van der Waals surface area contributed by atoms with Crippen molar-refractivity contribution in [2.24, 2.45) is 5.84 Å². The van der Waals surface area contributed by atoms with Crippen LogP contribution in [0.2, 0.25) is 0 Å². The Morgan fingerprint density at radius 2 is 2.55 bits per heavy atom. The normalized spacial score (nSPS) is 9.64. The molecule has 0 saturated carbocycles. The number of nitrogens with zero attached hydrogens (tertiary/aromatic N) is 4. The van der Waals surface area contributed by atoms with Gasteiger partial charge in [-0.3, -0.25) is 10.2 Å². The molecule has 0 fully saturated rings. The number of hydrogen-bond acceptors (Lipinski definition) is 5. The Hall–Kier alpha value is -1.50. The predicted octanol–water partition coefficient (Wildman–Crippen LogP) is -1.70. The zero-order chi connectivity index (χ0) is 8.27. The number of amides is 1. The molecule has 0 atom stereocenters. The maximum atomic E-state index is 10.9. The summed E-state index contributed by atoms with van der Waals surface area (Å²) in [5.74, 6) is 4.51. The summed E-state index contributed by atoms with van der Waals surface area (Å²) < 4.78 is 1.35. The second-order valence-electron chi connectivity index (χ2n) is 1.79. The molecule has 0 aliphatic carbocycles. The van der Waals surface area contributed by atoms with Gasteiger partial charge in [0.05, 0.1) is 0 Å². The minimum atomic E-state index is -0.489. The molecular formula is C4H8N6O. The van der Waals surface area contributed by atoms with Crippen LogP contribution < -0.4 is 11.3 Å². The summed E-state index contributed by atoms with van der Waals surface area (Å²) >= 11 is 0. The molecule has 11 heavy (non-hydrogen) atoms. The molecular weight excluding hydrogens is 148 g/mol. The number of carbonyl (C=O) groups is 1. The quantitative estimate of drug-likeness (QED) is 0.302. The summed E-state index contributed by atoms with van der Waals surface area (Å²) in [6.07, 6.45) is 0. The Balaban J connectivity index is 2.92. The first kappa shape index (κ1) is 7.61. The van der Waals surface area contributed by atoms with Crippen LogP contribution >= 0.6 is 0 Å². The molecule has 60 valence electrons. The summed E-state index contributed by atoms with van der Waals surface area (Å²) in [5.41, 5.74) is 1.94. The number of nitrogen functional groups attached to an aromatic ring is 1. The molecule has 0 radical (unpaired) electrons. The first-order valence-electron chi connectivity index (χ1n) is 3.06. The van der Waals surface area contributed by atoms with Crippen LogP contribution in [-0.4, -0.2) is 26.1 Å². The molecule has 3 N–H and O–H groups in total. The summed E-state index contributed by atoms with van der Waals surface area (Å²) in [6, 6.07) is 0. The number of hydrogen-bond donors (Lipinski definition) is 2. The molecule has 1 aromatic rings. The molecule has 0 spiro atoms. The Bertz CT molecular complexity index is 255. The second-order valence-corrected chi connectivity index (χ2v) is 1.79. The van der Waals surface area contributed by atoms with Gasteiger partial charge in [0.1, 0.15) is 0 Å². The maximum Gasteiger partial charge on any atom is 0.304 e. The highest BCUT2D eigenvalue weighted by Gasteiger charge is 2.11. The monoisotopic (exact) mass is 156 g/mol. The van der Waals surface area contributed by atoms with Gasteiger partial charge in [-0.05, 0) is 17.4 Å². The Morgan fingerprint density at radius 1 is 1.82 bits per heavy atom. The van der Waals surface area contributed by atoms with E-state index < -0.39 is 5.91 Å². The molecule has 7 nitrogen and oxygen atoms in total. The van der Waals surface area contributed by atoms with Crippen molar-refractivity contribution in [1.82, 2.24) is 25.6 Å². The fraction of sp³-hybridized carbons (Fsp3) is 0.500. The van der Waals surface area contributed by atoms with Crippen LogP contribution in [0.5, 0.6) is 0 Å². The van der Waals surface area contributed by atoms with Crippen LogP contribution in [0.4, 0.5) is 0 Å². The Morgan fingerprint density at radius 3 is 3.09 bits per heavy atom. The molecule has 0 aliphatic heterocycles. The van der Waals surface area contributed by atoms with E-state index in [4.69, 9.17) is 5.84 Å². The average Bonchev–Trinajstić information content (AvgIpc) is 2.50. The summed E-state index contributed by atoms with van der Waals surface area (Å²) in [5, 5.41) is 10.3. The first-order chi connectivity index (χ1) is 5.29. The van der Waals surface area contributed by atoms with E-state index in [2.05, 4.69) is 15.5 Å². The van der Waals surface area contributed by atoms with Crippen molar-refractivity contribution in [1.29, 1.82) is 0 Å². The molecule has 1 aromatic heterocycles. The molecule has 1 amide bonds. The number of rotatable bonds is 2. The Labute approximate surface area is 62.5 Å². The fourth-order valence-electron chi connectivity index (χ4n) is 0.645. The van der Waals surface area contributed by atoms with Crippen molar-refractivity contribution in [3.8, 4) is 0 Å². The molecule has 1 heterocycles. The van der Waals surface area contributed by atoms with Gasteiger partial charge < -0.3 is 0 Å². The van der Waals surface area contributed by atoms with Crippen LogP contribution in [0, 0.1) is 0 Å². The molecule has 0 aliphatic rings. The van der Waals surface area contributed by atoms with Crippen molar-refractivity contribution in [2.75, 3.05) is 0 Å². The largest absolute Gasteiger partial charge is 0.304 e. The van der Waals surface area contributed by atoms with Gasteiger partial charge in [-0.25, -0.2) is 10.5 Å². The summed E-state index contributed by atoms with van der Waals surface area (Å²) in [6.45, 7) is 2.36.